The molecule has 9 heteroatoms. The number of hydrogen-bond donors (Lipinski definition) is 0. The Bertz CT molecular complexity index is 1170. The molecule has 5 rings (SSSR count). The molecule has 1 spiro atoms. The first-order valence-electron chi connectivity index (χ1n) is 9.76. The maximum Gasteiger partial charge on any atom is 0.336 e. The van der Waals surface area contributed by atoms with Crippen LogP contribution >= 0.6 is 0 Å². The number of ether oxygens (including phenoxy) is 1. The highest BCUT2D eigenvalue weighted by Gasteiger charge is 2.66. The molecule has 1 amide bonds. The summed E-state index contributed by atoms with van der Waals surface area (Å²) in [4.78, 5) is 26.1. The molecular formula is C20H22N2O6S. The summed E-state index contributed by atoms with van der Waals surface area (Å²) in [6, 6.07) is 6.66. The van der Waals surface area contributed by atoms with E-state index < -0.39 is 27.4 Å². The van der Waals surface area contributed by atoms with Crippen molar-refractivity contribution >= 4 is 26.9 Å². The lowest BCUT2D eigenvalue weighted by Gasteiger charge is -2.34. The molecule has 3 aliphatic rings. The van der Waals surface area contributed by atoms with Crippen molar-refractivity contribution in [2.45, 2.75) is 49.4 Å². The first-order valence-corrected chi connectivity index (χ1v) is 11.2. The summed E-state index contributed by atoms with van der Waals surface area (Å²) in [5.41, 5.74) is -1.02. The Labute approximate surface area is 168 Å². The van der Waals surface area contributed by atoms with E-state index in [4.69, 9.17) is 9.15 Å². The number of hydrogen-bond acceptors (Lipinski definition) is 6. The van der Waals surface area contributed by atoms with Gasteiger partial charge in [-0.3, -0.25) is 4.79 Å². The lowest BCUT2D eigenvalue weighted by atomic mass is 10.0. The first-order chi connectivity index (χ1) is 13.7. The van der Waals surface area contributed by atoms with E-state index in [2.05, 4.69) is 0 Å². The number of fused-ring (bicyclic) bond motifs is 1. The summed E-state index contributed by atoms with van der Waals surface area (Å²) < 4.78 is 39.5. The maximum absolute atomic E-state index is 13.4. The van der Waals surface area contributed by atoms with Gasteiger partial charge < -0.3 is 14.1 Å². The van der Waals surface area contributed by atoms with E-state index in [0.717, 1.165) is 0 Å². The second-order valence-corrected chi connectivity index (χ2v) is 10.2. The third-order valence-corrected chi connectivity index (χ3v) is 8.31. The third kappa shape index (κ3) is 2.54. The van der Waals surface area contributed by atoms with Crippen molar-refractivity contribution < 1.29 is 22.4 Å². The summed E-state index contributed by atoms with van der Waals surface area (Å²) in [7, 11) is -3.84. The molecule has 3 saturated heterocycles. The van der Waals surface area contributed by atoms with E-state index in [9.17, 15) is 18.0 Å². The monoisotopic (exact) mass is 418 g/mol. The fraction of sp³-hybridized carbons (Fsp3) is 0.500. The van der Waals surface area contributed by atoms with Gasteiger partial charge in [0, 0.05) is 30.8 Å². The van der Waals surface area contributed by atoms with Crippen LogP contribution in [0.25, 0.3) is 11.0 Å². The summed E-state index contributed by atoms with van der Waals surface area (Å²) in [5, 5.41) is 0.528. The topological polar surface area (TPSA) is 97.1 Å². The molecule has 8 nitrogen and oxygen atoms in total. The Kier molecular flexibility index (Phi) is 3.97. The van der Waals surface area contributed by atoms with Crippen LogP contribution < -0.4 is 5.63 Å². The minimum atomic E-state index is -3.84. The molecule has 0 N–H and O–H groups in total. The van der Waals surface area contributed by atoms with Crippen molar-refractivity contribution in [2.75, 3.05) is 13.2 Å². The van der Waals surface area contributed by atoms with Crippen molar-refractivity contribution in [1.82, 2.24) is 9.21 Å². The minimum absolute atomic E-state index is 0.0290. The average Bonchev–Trinajstić information content (AvgIpc) is 3.30. The van der Waals surface area contributed by atoms with Gasteiger partial charge in [0.05, 0.1) is 23.6 Å². The lowest BCUT2D eigenvalue weighted by molar-refractivity contribution is -0.139. The van der Waals surface area contributed by atoms with E-state index in [-0.39, 0.29) is 29.2 Å². The molecule has 3 aliphatic heterocycles. The van der Waals surface area contributed by atoms with Crippen LogP contribution in [0.2, 0.25) is 0 Å². The zero-order valence-electron chi connectivity index (χ0n) is 16.2. The summed E-state index contributed by atoms with van der Waals surface area (Å²) in [6.07, 6.45) is 0.596. The zero-order chi connectivity index (χ0) is 20.6. The molecule has 0 radical (unpaired) electrons. The van der Waals surface area contributed by atoms with Crippen molar-refractivity contribution in [2.24, 2.45) is 5.92 Å². The summed E-state index contributed by atoms with van der Waals surface area (Å²) in [5.74, 6) is 0.185. The fourth-order valence-corrected chi connectivity index (χ4v) is 6.66. The van der Waals surface area contributed by atoms with Gasteiger partial charge in [-0.1, -0.05) is 13.8 Å². The Balaban J connectivity index is 1.53. The predicted octanol–water partition coefficient (Wildman–Crippen LogP) is 1.54. The first kappa shape index (κ1) is 18.8. The van der Waals surface area contributed by atoms with Crippen LogP contribution in [0.5, 0.6) is 0 Å². The van der Waals surface area contributed by atoms with Crippen LogP contribution in [0.15, 0.2) is 44.4 Å². The quantitative estimate of drug-likeness (QED) is 0.702. The molecule has 4 heterocycles. The normalized spacial score (nSPS) is 29.8. The van der Waals surface area contributed by atoms with Crippen molar-refractivity contribution in [3.05, 3.63) is 40.8 Å². The highest BCUT2D eigenvalue weighted by atomic mass is 32.2. The molecule has 29 heavy (non-hydrogen) atoms. The molecule has 1 aromatic heterocycles. The Morgan fingerprint density at radius 2 is 1.97 bits per heavy atom. The second kappa shape index (κ2) is 6.13. The predicted molar refractivity (Wildman–Crippen MR) is 104 cm³/mol. The molecule has 154 valence electrons. The minimum Gasteiger partial charge on any atom is -0.423 e. The number of sulfonamides is 1. The van der Waals surface area contributed by atoms with Gasteiger partial charge >= 0.3 is 5.63 Å². The lowest BCUT2D eigenvalue weighted by Crippen LogP contribution is -2.51. The average molecular weight is 418 g/mol. The molecule has 0 bridgehead atoms. The van der Waals surface area contributed by atoms with Gasteiger partial charge in [-0.25, -0.2) is 13.2 Å². The van der Waals surface area contributed by atoms with Gasteiger partial charge in [0.15, 0.2) is 5.72 Å². The van der Waals surface area contributed by atoms with E-state index in [0.29, 0.717) is 30.5 Å². The van der Waals surface area contributed by atoms with Gasteiger partial charge in [-0.2, -0.15) is 4.31 Å². The number of carbonyl (C=O) groups is 1. The number of nitrogens with zero attached hydrogens (tertiary/aromatic N) is 2. The second-order valence-electron chi connectivity index (χ2n) is 8.27. The third-order valence-electron chi connectivity index (χ3n) is 6.41. The van der Waals surface area contributed by atoms with Crippen LogP contribution in [0, 0.1) is 5.92 Å². The number of benzene rings is 1. The Morgan fingerprint density at radius 3 is 2.72 bits per heavy atom. The summed E-state index contributed by atoms with van der Waals surface area (Å²) in [6.45, 7) is 4.82. The van der Waals surface area contributed by atoms with Gasteiger partial charge in [-0.05, 0) is 30.2 Å². The SMILES string of the molecule is CC(C)[C@@H]1CO[C@@]23CCN(S(=O)(=O)c4ccc5oc(=O)ccc5c4)[C@@H]2CC(=O)N13. The van der Waals surface area contributed by atoms with Crippen LogP contribution in [0.4, 0.5) is 0 Å². The smallest absolute Gasteiger partial charge is 0.336 e. The van der Waals surface area contributed by atoms with Crippen molar-refractivity contribution in [3.63, 3.8) is 0 Å². The number of rotatable bonds is 3. The van der Waals surface area contributed by atoms with Crippen LogP contribution in [-0.2, 0) is 19.6 Å². The van der Waals surface area contributed by atoms with Gasteiger partial charge in [0.1, 0.15) is 5.58 Å². The molecule has 0 unspecified atom stereocenters. The van der Waals surface area contributed by atoms with E-state index in [1.165, 1.54) is 28.6 Å². The molecule has 3 atom stereocenters. The van der Waals surface area contributed by atoms with Gasteiger partial charge in [0.25, 0.3) is 0 Å². The molecule has 0 saturated carbocycles. The molecule has 0 aliphatic carbocycles. The van der Waals surface area contributed by atoms with Crippen molar-refractivity contribution in [1.29, 1.82) is 0 Å². The van der Waals surface area contributed by atoms with Gasteiger partial charge in [-0.15, -0.1) is 0 Å². The van der Waals surface area contributed by atoms with Crippen LogP contribution in [0.1, 0.15) is 26.7 Å². The van der Waals surface area contributed by atoms with E-state index in [1.54, 1.807) is 11.0 Å². The highest BCUT2D eigenvalue weighted by Crippen LogP contribution is 2.50. The molecule has 2 aromatic rings. The highest BCUT2D eigenvalue weighted by molar-refractivity contribution is 7.89. The van der Waals surface area contributed by atoms with Crippen LogP contribution in [0.3, 0.4) is 0 Å². The van der Waals surface area contributed by atoms with Crippen molar-refractivity contribution in [3.8, 4) is 0 Å². The maximum atomic E-state index is 13.4. The largest absolute Gasteiger partial charge is 0.423 e. The summed E-state index contributed by atoms with van der Waals surface area (Å²) >= 11 is 0. The van der Waals surface area contributed by atoms with E-state index in [1.807, 2.05) is 13.8 Å². The zero-order valence-corrected chi connectivity index (χ0v) is 17.0. The van der Waals surface area contributed by atoms with Crippen LogP contribution in [-0.4, -0.2) is 54.5 Å². The number of amides is 1. The standard InChI is InChI=1S/C20H22N2O6S/c1-12(2)15-11-27-20-7-8-21(17(20)10-18(23)22(15)20)29(25,26)14-4-5-16-13(9-14)3-6-19(24)28-16/h3-6,9,12,15,17H,7-8,10-11H2,1-2H3/t15-,17+,20-/m0/s1. The van der Waals surface area contributed by atoms with Gasteiger partial charge in [0.2, 0.25) is 15.9 Å². The molecular weight excluding hydrogens is 396 g/mol. The van der Waals surface area contributed by atoms with E-state index >= 15 is 0 Å². The fourth-order valence-electron chi connectivity index (χ4n) is 4.97. The Morgan fingerprint density at radius 1 is 1.17 bits per heavy atom. The Hall–Kier alpha value is -2.23. The molecule has 1 aromatic carbocycles. The molecule has 3 fully saturated rings. The number of carbonyl (C=O) groups excluding carboxylic acids is 1.